The van der Waals surface area contributed by atoms with E-state index in [0.29, 0.717) is 13.2 Å². The SMILES string of the molecule is OC[C@@H]1C[C@H](OCc2ccccc2)CO1. The maximum atomic E-state index is 8.89. The van der Waals surface area contributed by atoms with Gasteiger partial charge in [-0.2, -0.15) is 0 Å². The van der Waals surface area contributed by atoms with E-state index in [2.05, 4.69) is 0 Å². The van der Waals surface area contributed by atoms with Crippen molar-refractivity contribution in [3.8, 4) is 0 Å². The zero-order valence-electron chi connectivity index (χ0n) is 8.63. The number of benzene rings is 1. The summed E-state index contributed by atoms with van der Waals surface area (Å²) < 4.78 is 11.0. The molecule has 1 N–H and O–H groups in total. The van der Waals surface area contributed by atoms with Crippen molar-refractivity contribution < 1.29 is 14.6 Å². The molecule has 82 valence electrons. The van der Waals surface area contributed by atoms with E-state index in [1.807, 2.05) is 30.3 Å². The molecule has 0 bridgehead atoms. The van der Waals surface area contributed by atoms with Crippen LogP contribution < -0.4 is 0 Å². The summed E-state index contributed by atoms with van der Waals surface area (Å²) in [6.07, 6.45) is 0.886. The van der Waals surface area contributed by atoms with Crippen molar-refractivity contribution in [2.24, 2.45) is 0 Å². The Labute approximate surface area is 89.6 Å². The summed E-state index contributed by atoms with van der Waals surface area (Å²) >= 11 is 0. The standard InChI is InChI=1S/C12H16O3/c13-7-11-6-12(9-15-11)14-8-10-4-2-1-3-5-10/h1-5,11-13H,6-9H2/t11-,12-/m0/s1. The van der Waals surface area contributed by atoms with Crippen LogP contribution in [0.2, 0.25) is 0 Å². The first kappa shape index (κ1) is 10.6. The van der Waals surface area contributed by atoms with Crippen LogP contribution in [0.4, 0.5) is 0 Å². The average molecular weight is 208 g/mol. The van der Waals surface area contributed by atoms with Crippen LogP contribution in [-0.2, 0) is 16.1 Å². The Balaban J connectivity index is 1.75. The molecule has 0 saturated carbocycles. The second-order valence-corrected chi connectivity index (χ2v) is 3.79. The number of rotatable bonds is 4. The first-order chi connectivity index (χ1) is 7.38. The minimum atomic E-state index is -0.0363. The largest absolute Gasteiger partial charge is 0.394 e. The molecule has 2 rings (SSSR count). The molecule has 15 heavy (non-hydrogen) atoms. The Bertz CT molecular complexity index is 286. The first-order valence-corrected chi connectivity index (χ1v) is 5.26. The molecule has 3 nitrogen and oxygen atoms in total. The van der Waals surface area contributed by atoms with Gasteiger partial charge in [-0.05, 0) is 5.56 Å². The molecule has 1 heterocycles. The lowest BCUT2D eigenvalue weighted by molar-refractivity contribution is 0.0217. The monoisotopic (exact) mass is 208 g/mol. The molecule has 0 aliphatic carbocycles. The van der Waals surface area contributed by atoms with Gasteiger partial charge in [-0.3, -0.25) is 0 Å². The minimum absolute atomic E-state index is 0.0363. The third kappa shape index (κ3) is 3.02. The quantitative estimate of drug-likeness (QED) is 0.811. The zero-order chi connectivity index (χ0) is 10.5. The van der Waals surface area contributed by atoms with Crippen LogP contribution in [0.5, 0.6) is 0 Å². The fourth-order valence-electron chi connectivity index (χ4n) is 1.70. The highest BCUT2D eigenvalue weighted by Gasteiger charge is 2.25. The van der Waals surface area contributed by atoms with E-state index in [1.54, 1.807) is 0 Å². The van der Waals surface area contributed by atoms with Crippen molar-refractivity contribution in [3.05, 3.63) is 35.9 Å². The molecule has 1 aliphatic rings. The third-order valence-corrected chi connectivity index (χ3v) is 2.58. The van der Waals surface area contributed by atoms with E-state index in [1.165, 1.54) is 5.56 Å². The van der Waals surface area contributed by atoms with Crippen molar-refractivity contribution in [3.63, 3.8) is 0 Å². The summed E-state index contributed by atoms with van der Waals surface area (Å²) in [5.41, 5.74) is 1.17. The molecule has 0 unspecified atom stereocenters. The minimum Gasteiger partial charge on any atom is -0.394 e. The summed E-state index contributed by atoms with van der Waals surface area (Å²) in [6, 6.07) is 10.1. The van der Waals surface area contributed by atoms with Gasteiger partial charge in [0, 0.05) is 6.42 Å². The number of aliphatic hydroxyl groups excluding tert-OH is 1. The number of ether oxygens (including phenoxy) is 2. The normalized spacial score (nSPS) is 25.7. The van der Waals surface area contributed by atoms with Crippen LogP contribution in [0.15, 0.2) is 30.3 Å². The average Bonchev–Trinajstić information content (AvgIpc) is 2.76. The predicted molar refractivity (Wildman–Crippen MR) is 56.5 cm³/mol. The highest BCUT2D eigenvalue weighted by atomic mass is 16.6. The van der Waals surface area contributed by atoms with Gasteiger partial charge in [0.25, 0.3) is 0 Å². The van der Waals surface area contributed by atoms with Crippen LogP contribution >= 0.6 is 0 Å². The first-order valence-electron chi connectivity index (χ1n) is 5.26. The third-order valence-electron chi connectivity index (χ3n) is 2.58. The highest BCUT2D eigenvalue weighted by Crippen LogP contribution is 2.17. The summed E-state index contributed by atoms with van der Waals surface area (Å²) in [4.78, 5) is 0. The van der Waals surface area contributed by atoms with Gasteiger partial charge in [-0.15, -0.1) is 0 Å². The molecular formula is C12H16O3. The number of hydrogen-bond acceptors (Lipinski definition) is 3. The summed E-state index contributed by atoms with van der Waals surface area (Å²) in [7, 11) is 0. The van der Waals surface area contributed by atoms with Crippen LogP contribution in [0.3, 0.4) is 0 Å². The fourth-order valence-corrected chi connectivity index (χ4v) is 1.70. The predicted octanol–water partition coefficient (Wildman–Crippen LogP) is 1.35. The Morgan fingerprint density at radius 1 is 1.33 bits per heavy atom. The summed E-state index contributed by atoms with van der Waals surface area (Å²) in [5, 5.41) is 8.89. The molecule has 0 aromatic heterocycles. The van der Waals surface area contributed by atoms with Crippen molar-refractivity contribution in [1.29, 1.82) is 0 Å². The lowest BCUT2D eigenvalue weighted by Gasteiger charge is -2.09. The molecule has 0 amide bonds. The van der Waals surface area contributed by atoms with Gasteiger partial charge < -0.3 is 14.6 Å². The lowest BCUT2D eigenvalue weighted by Crippen LogP contribution is -2.14. The molecular weight excluding hydrogens is 192 g/mol. The molecule has 1 saturated heterocycles. The van der Waals surface area contributed by atoms with E-state index in [-0.39, 0.29) is 18.8 Å². The van der Waals surface area contributed by atoms with E-state index < -0.39 is 0 Å². The Hall–Kier alpha value is -0.900. The Morgan fingerprint density at radius 3 is 2.80 bits per heavy atom. The van der Waals surface area contributed by atoms with Gasteiger partial charge in [-0.25, -0.2) is 0 Å². The van der Waals surface area contributed by atoms with Gasteiger partial charge in [-0.1, -0.05) is 30.3 Å². The van der Waals surface area contributed by atoms with Crippen LogP contribution in [0, 0.1) is 0 Å². The summed E-state index contributed by atoms with van der Waals surface area (Å²) in [6.45, 7) is 1.30. The van der Waals surface area contributed by atoms with Gasteiger partial charge in [0.1, 0.15) is 0 Å². The maximum Gasteiger partial charge on any atom is 0.0838 e. The van der Waals surface area contributed by atoms with Gasteiger partial charge >= 0.3 is 0 Å². The number of aliphatic hydroxyl groups is 1. The smallest absolute Gasteiger partial charge is 0.0838 e. The molecule has 1 aliphatic heterocycles. The van der Waals surface area contributed by atoms with E-state index >= 15 is 0 Å². The lowest BCUT2D eigenvalue weighted by atomic mass is 10.2. The summed E-state index contributed by atoms with van der Waals surface area (Å²) in [5.74, 6) is 0. The molecule has 1 aromatic carbocycles. The van der Waals surface area contributed by atoms with Gasteiger partial charge in [0.2, 0.25) is 0 Å². The fraction of sp³-hybridized carbons (Fsp3) is 0.500. The Morgan fingerprint density at radius 2 is 2.13 bits per heavy atom. The van der Waals surface area contributed by atoms with Gasteiger partial charge in [0.05, 0.1) is 32.0 Å². The number of hydrogen-bond donors (Lipinski definition) is 1. The maximum absolute atomic E-state index is 8.89. The topological polar surface area (TPSA) is 38.7 Å². The van der Waals surface area contributed by atoms with Crippen LogP contribution in [-0.4, -0.2) is 30.5 Å². The molecule has 0 spiro atoms. The second-order valence-electron chi connectivity index (χ2n) is 3.79. The van der Waals surface area contributed by atoms with Crippen molar-refractivity contribution in [1.82, 2.24) is 0 Å². The van der Waals surface area contributed by atoms with Crippen LogP contribution in [0.1, 0.15) is 12.0 Å². The Kier molecular flexibility index (Phi) is 3.72. The molecule has 3 heteroatoms. The van der Waals surface area contributed by atoms with E-state index in [9.17, 15) is 0 Å². The van der Waals surface area contributed by atoms with Crippen molar-refractivity contribution in [2.75, 3.05) is 13.2 Å². The molecule has 2 atom stereocenters. The van der Waals surface area contributed by atoms with Gasteiger partial charge in [0.15, 0.2) is 0 Å². The van der Waals surface area contributed by atoms with Crippen LogP contribution in [0.25, 0.3) is 0 Å². The van der Waals surface area contributed by atoms with Crippen molar-refractivity contribution in [2.45, 2.75) is 25.2 Å². The molecule has 0 radical (unpaired) electrons. The van der Waals surface area contributed by atoms with E-state index in [4.69, 9.17) is 14.6 Å². The molecule has 1 fully saturated rings. The second kappa shape index (κ2) is 5.26. The molecule has 1 aromatic rings. The van der Waals surface area contributed by atoms with Crippen molar-refractivity contribution >= 4 is 0 Å². The zero-order valence-corrected chi connectivity index (χ0v) is 8.63. The highest BCUT2D eigenvalue weighted by molar-refractivity contribution is 5.13. The van der Waals surface area contributed by atoms with E-state index in [0.717, 1.165) is 6.42 Å².